The van der Waals surface area contributed by atoms with Crippen molar-refractivity contribution in [2.45, 2.75) is 19.4 Å². The zero-order valence-electron chi connectivity index (χ0n) is 12.3. The summed E-state index contributed by atoms with van der Waals surface area (Å²) in [5, 5.41) is 3.02. The summed E-state index contributed by atoms with van der Waals surface area (Å²) < 4.78 is 0. The SMILES string of the molecule is CSCCCNC(=O)[C@@H](c1cccc(C)c1)N(C)C. The molecule has 0 saturated heterocycles. The average Bonchev–Trinajstić information content (AvgIpc) is 2.34. The van der Waals surface area contributed by atoms with Crippen molar-refractivity contribution < 1.29 is 4.79 Å². The third-order valence-electron chi connectivity index (χ3n) is 2.95. The molecule has 19 heavy (non-hydrogen) atoms. The van der Waals surface area contributed by atoms with E-state index in [9.17, 15) is 4.79 Å². The Labute approximate surface area is 120 Å². The number of benzene rings is 1. The van der Waals surface area contributed by atoms with Crippen molar-refractivity contribution in [1.29, 1.82) is 0 Å². The van der Waals surface area contributed by atoms with Crippen molar-refractivity contribution >= 4 is 17.7 Å². The Balaban J connectivity index is 2.69. The number of thioether (sulfide) groups is 1. The molecule has 0 fully saturated rings. The van der Waals surface area contributed by atoms with Gasteiger partial charge in [-0.05, 0) is 45.0 Å². The fourth-order valence-corrected chi connectivity index (χ4v) is 2.48. The molecule has 3 nitrogen and oxygen atoms in total. The monoisotopic (exact) mass is 280 g/mol. The number of nitrogens with zero attached hydrogens (tertiary/aromatic N) is 1. The summed E-state index contributed by atoms with van der Waals surface area (Å²) in [7, 11) is 3.88. The normalized spacial score (nSPS) is 12.5. The second-order valence-electron chi connectivity index (χ2n) is 4.92. The Morgan fingerprint density at radius 3 is 2.74 bits per heavy atom. The summed E-state index contributed by atoms with van der Waals surface area (Å²) in [6.45, 7) is 2.79. The van der Waals surface area contributed by atoms with Crippen LogP contribution in [0.4, 0.5) is 0 Å². The van der Waals surface area contributed by atoms with E-state index in [2.05, 4.69) is 17.6 Å². The van der Waals surface area contributed by atoms with Gasteiger partial charge < -0.3 is 5.32 Å². The predicted octanol–water partition coefficient (Wildman–Crippen LogP) is 2.47. The summed E-state index contributed by atoms with van der Waals surface area (Å²) in [6.07, 6.45) is 3.10. The van der Waals surface area contributed by atoms with Crippen LogP contribution >= 0.6 is 11.8 Å². The lowest BCUT2D eigenvalue weighted by molar-refractivity contribution is -0.125. The van der Waals surface area contributed by atoms with Crippen LogP contribution in [0.25, 0.3) is 0 Å². The van der Waals surface area contributed by atoms with E-state index in [1.54, 1.807) is 11.8 Å². The van der Waals surface area contributed by atoms with E-state index in [1.807, 2.05) is 44.1 Å². The molecule has 0 bridgehead atoms. The minimum Gasteiger partial charge on any atom is -0.354 e. The van der Waals surface area contributed by atoms with Gasteiger partial charge in [0.05, 0.1) is 0 Å². The van der Waals surface area contributed by atoms with Crippen LogP contribution in [0.1, 0.15) is 23.6 Å². The van der Waals surface area contributed by atoms with E-state index < -0.39 is 0 Å². The number of likely N-dealkylation sites (N-methyl/N-ethyl adjacent to an activating group) is 1. The van der Waals surface area contributed by atoms with Gasteiger partial charge in [0, 0.05) is 6.54 Å². The number of rotatable bonds is 7. The average molecular weight is 280 g/mol. The van der Waals surface area contributed by atoms with Crippen LogP contribution in [0, 0.1) is 6.92 Å². The first-order chi connectivity index (χ1) is 9.06. The molecule has 0 spiro atoms. The lowest BCUT2D eigenvalue weighted by atomic mass is 10.0. The van der Waals surface area contributed by atoms with Gasteiger partial charge in [-0.2, -0.15) is 11.8 Å². The van der Waals surface area contributed by atoms with Gasteiger partial charge in [-0.3, -0.25) is 9.69 Å². The van der Waals surface area contributed by atoms with Crippen LogP contribution in [0.5, 0.6) is 0 Å². The first-order valence-corrected chi connectivity index (χ1v) is 7.95. The van der Waals surface area contributed by atoms with Gasteiger partial charge in [0.15, 0.2) is 0 Å². The lowest BCUT2D eigenvalue weighted by Gasteiger charge is -2.24. The topological polar surface area (TPSA) is 32.3 Å². The van der Waals surface area contributed by atoms with E-state index in [-0.39, 0.29) is 11.9 Å². The standard InChI is InChI=1S/C15H24N2OS/c1-12-7-5-8-13(11-12)14(17(2)3)15(18)16-9-6-10-19-4/h5,7-8,11,14H,6,9-10H2,1-4H3,(H,16,18)/t14-/m1/s1. The van der Waals surface area contributed by atoms with E-state index in [0.29, 0.717) is 0 Å². The molecule has 1 aromatic rings. The van der Waals surface area contributed by atoms with Gasteiger partial charge in [0.1, 0.15) is 6.04 Å². The van der Waals surface area contributed by atoms with Crippen molar-refractivity contribution in [3.63, 3.8) is 0 Å². The minimum atomic E-state index is -0.214. The molecule has 0 aromatic heterocycles. The molecule has 0 aliphatic heterocycles. The van der Waals surface area contributed by atoms with Gasteiger partial charge in [-0.25, -0.2) is 0 Å². The third kappa shape index (κ3) is 5.25. The van der Waals surface area contributed by atoms with Gasteiger partial charge in [-0.1, -0.05) is 29.8 Å². The summed E-state index contributed by atoms with van der Waals surface area (Å²) in [4.78, 5) is 14.3. The number of carbonyl (C=O) groups is 1. The molecule has 4 heteroatoms. The quantitative estimate of drug-likeness (QED) is 0.779. The Bertz CT molecular complexity index is 407. The first kappa shape index (κ1) is 16.1. The van der Waals surface area contributed by atoms with Gasteiger partial charge >= 0.3 is 0 Å². The van der Waals surface area contributed by atoms with Crippen molar-refractivity contribution in [1.82, 2.24) is 10.2 Å². The summed E-state index contributed by atoms with van der Waals surface area (Å²) in [6, 6.07) is 7.93. The van der Waals surface area contributed by atoms with E-state index >= 15 is 0 Å². The molecule has 0 saturated carbocycles. The molecule has 1 atom stereocenters. The molecule has 0 aliphatic carbocycles. The van der Waals surface area contributed by atoms with Gasteiger partial charge in [-0.15, -0.1) is 0 Å². The van der Waals surface area contributed by atoms with Crippen LogP contribution < -0.4 is 5.32 Å². The Morgan fingerprint density at radius 1 is 1.42 bits per heavy atom. The van der Waals surface area contributed by atoms with Crippen molar-refractivity contribution in [3.05, 3.63) is 35.4 Å². The van der Waals surface area contributed by atoms with Crippen LogP contribution in [0.3, 0.4) is 0 Å². The number of hydrogen-bond acceptors (Lipinski definition) is 3. The summed E-state index contributed by atoms with van der Waals surface area (Å²) in [5.41, 5.74) is 2.23. The highest BCUT2D eigenvalue weighted by molar-refractivity contribution is 7.98. The molecule has 1 N–H and O–H groups in total. The van der Waals surface area contributed by atoms with Crippen LogP contribution in [0.15, 0.2) is 24.3 Å². The van der Waals surface area contributed by atoms with Crippen LogP contribution in [-0.4, -0.2) is 43.5 Å². The van der Waals surface area contributed by atoms with Crippen molar-refractivity contribution in [2.75, 3.05) is 32.6 Å². The highest BCUT2D eigenvalue weighted by atomic mass is 32.2. The summed E-state index contributed by atoms with van der Waals surface area (Å²) in [5.74, 6) is 1.16. The predicted molar refractivity (Wildman–Crippen MR) is 83.6 cm³/mol. The molecule has 106 valence electrons. The number of nitrogens with one attached hydrogen (secondary N) is 1. The van der Waals surface area contributed by atoms with Crippen LogP contribution in [-0.2, 0) is 4.79 Å². The molecule has 0 aliphatic rings. The molecular weight excluding hydrogens is 256 g/mol. The molecule has 1 aromatic carbocycles. The van der Waals surface area contributed by atoms with Gasteiger partial charge in [0.2, 0.25) is 5.91 Å². The zero-order chi connectivity index (χ0) is 14.3. The Morgan fingerprint density at radius 2 is 2.16 bits per heavy atom. The van der Waals surface area contributed by atoms with Gasteiger partial charge in [0.25, 0.3) is 0 Å². The largest absolute Gasteiger partial charge is 0.354 e. The van der Waals surface area contributed by atoms with Crippen LogP contribution in [0.2, 0.25) is 0 Å². The molecule has 0 unspecified atom stereocenters. The highest BCUT2D eigenvalue weighted by Crippen LogP contribution is 2.19. The maximum atomic E-state index is 12.3. The molecule has 0 radical (unpaired) electrons. The van der Waals surface area contributed by atoms with E-state index in [0.717, 1.165) is 24.3 Å². The fraction of sp³-hybridized carbons (Fsp3) is 0.533. The minimum absolute atomic E-state index is 0.0803. The van der Waals surface area contributed by atoms with E-state index in [4.69, 9.17) is 0 Å². The number of amides is 1. The highest BCUT2D eigenvalue weighted by Gasteiger charge is 2.22. The maximum absolute atomic E-state index is 12.3. The Hall–Kier alpha value is -1.00. The molecule has 0 heterocycles. The number of hydrogen-bond donors (Lipinski definition) is 1. The third-order valence-corrected chi connectivity index (χ3v) is 3.64. The second kappa shape index (κ2) is 8.23. The maximum Gasteiger partial charge on any atom is 0.241 e. The van der Waals surface area contributed by atoms with Crippen molar-refractivity contribution in [3.8, 4) is 0 Å². The number of aryl methyl sites for hydroxylation is 1. The van der Waals surface area contributed by atoms with Crippen molar-refractivity contribution in [2.24, 2.45) is 0 Å². The smallest absolute Gasteiger partial charge is 0.241 e. The second-order valence-corrected chi connectivity index (χ2v) is 5.90. The summed E-state index contributed by atoms with van der Waals surface area (Å²) >= 11 is 1.80. The fourth-order valence-electron chi connectivity index (χ4n) is 2.05. The lowest BCUT2D eigenvalue weighted by Crippen LogP contribution is -2.37. The van der Waals surface area contributed by atoms with E-state index in [1.165, 1.54) is 5.56 Å². The zero-order valence-corrected chi connectivity index (χ0v) is 13.1. The molecular formula is C15H24N2OS. The Kier molecular flexibility index (Phi) is 6.95. The molecule has 1 rings (SSSR count). The number of carbonyl (C=O) groups excluding carboxylic acids is 1. The first-order valence-electron chi connectivity index (χ1n) is 6.56. The molecule has 1 amide bonds.